The van der Waals surface area contributed by atoms with Gasteiger partial charge >= 0.3 is 0 Å². The SMILES string of the molecule is O=C1C(=Cc2cc3c(s2)-c2sc4c5c(sc4c2C32CCCCC2)-c2sc(C=C3C(=O)c4cc6cc(F)c(F)cc6cc4C3=O)cc2C52CCCCC2)C(=O)c2cc3cc(F)c(F)cc3cc21. The fourth-order valence-corrected chi connectivity index (χ4v) is 18.4. The van der Waals surface area contributed by atoms with Crippen molar-refractivity contribution in [2.45, 2.75) is 75.0 Å². The first kappa shape index (κ1) is 39.5. The first-order valence-corrected chi connectivity index (χ1v) is 25.6. The Hall–Kier alpha value is -5.66. The van der Waals surface area contributed by atoms with E-state index < -0.39 is 46.4 Å². The summed E-state index contributed by atoms with van der Waals surface area (Å²) >= 11 is 7.04. The van der Waals surface area contributed by atoms with Crippen molar-refractivity contribution in [3.63, 3.8) is 0 Å². The minimum atomic E-state index is -1.01. The lowest BCUT2D eigenvalue weighted by molar-refractivity contribution is 0.0975. The zero-order chi connectivity index (χ0) is 44.7. The summed E-state index contributed by atoms with van der Waals surface area (Å²) in [6, 6.07) is 14.6. The Balaban J connectivity index is 0.871. The topological polar surface area (TPSA) is 68.3 Å². The molecular formula is C54H32F4O4S4. The van der Waals surface area contributed by atoms with Gasteiger partial charge in [-0.3, -0.25) is 19.2 Å². The average Bonchev–Trinajstić information content (AvgIpc) is 4.19. The van der Waals surface area contributed by atoms with Crippen LogP contribution in [0.15, 0.2) is 71.8 Å². The van der Waals surface area contributed by atoms with E-state index in [9.17, 15) is 36.7 Å². The summed E-state index contributed by atoms with van der Waals surface area (Å²) in [7, 11) is 0. The highest BCUT2D eigenvalue weighted by Crippen LogP contribution is 2.69. The van der Waals surface area contributed by atoms with Crippen LogP contribution >= 0.6 is 45.3 Å². The van der Waals surface area contributed by atoms with Crippen molar-refractivity contribution in [1.82, 2.24) is 0 Å². The lowest BCUT2D eigenvalue weighted by Gasteiger charge is -2.35. The van der Waals surface area contributed by atoms with Gasteiger partial charge in [0.25, 0.3) is 0 Å². The Morgan fingerprint density at radius 2 is 0.712 bits per heavy atom. The van der Waals surface area contributed by atoms with Gasteiger partial charge in [-0.05, 0) is 131 Å². The number of fused-ring (bicyclic) bond motifs is 17. The molecule has 6 aliphatic carbocycles. The molecule has 2 fully saturated rings. The van der Waals surface area contributed by atoms with E-state index in [0.29, 0.717) is 21.5 Å². The van der Waals surface area contributed by atoms with Crippen molar-refractivity contribution < 1.29 is 36.7 Å². The Bertz CT molecular complexity index is 3380. The van der Waals surface area contributed by atoms with Gasteiger partial charge in [0.15, 0.2) is 46.4 Å². The number of carbonyl (C=O) groups excluding carboxylic acids is 4. The highest BCUT2D eigenvalue weighted by Gasteiger charge is 2.53. The molecule has 0 saturated heterocycles. The minimum Gasteiger partial charge on any atom is -0.288 e. The molecule has 2 spiro atoms. The minimum absolute atomic E-state index is 0.0672. The molecule has 0 bridgehead atoms. The van der Waals surface area contributed by atoms with E-state index >= 15 is 0 Å². The zero-order valence-electron chi connectivity index (χ0n) is 34.8. The van der Waals surface area contributed by atoms with Gasteiger partial charge in [-0.2, -0.15) is 0 Å². The number of thiophene rings is 4. The summed E-state index contributed by atoms with van der Waals surface area (Å²) in [6.07, 6.45) is 14.2. The highest BCUT2D eigenvalue weighted by molar-refractivity contribution is 7.34. The summed E-state index contributed by atoms with van der Waals surface area (Å²) in [6.45, 7) is 0. The van der Waals surface area contributed by atoms with E-state index in [1.807, 2.05) is 22.7 Å². The molecule has 4 heterocycles. The molecule has 4 aromatic carbocycles. The van der Waals surface area contributed by atoms with Crippen molar-refractivity contribution in [3.8, 4) is 19.5 Å². The normalized spacial score (nSPS) is 18.6. The van der Waals surface area contributed by atoms with Crippen LogP contribution < -0.4 is 0 Å². The lowest BCUT2D eigenvalue weighted by Crippen LogP contribution is -2.28. The van der Waals surface area contributed by atoms with Crippen LogP contribution in [0, 0.1) is 23.3 Å². The molecule has 6 aliphatic rings. The summed E-state index contributed by atoms with van der Waals surface area (Å²) in [5.41, 5.74) is 5.97. The Kier molecular flexibility index (Phi) is 8.08. The fraction of sp³-hybridized carbons (Fsp3) is 0.222. The van der Waals surface area contributed by atoms with Crippen molar-refractivity contribution in [2.24, 2.45) is 0 Å². The molecule has 324 valence electrons. The number of ketones is 4. The molecule has 0 unspecified atom stereocenters. The van der Waals surface area contributed by atoms with Gasteiger partial charge in [0, 0.05) is 63.7 Å². The monoisotopic (exact) mass is 948 g/mol. The van der Waals surface area contributed by atoms with E-state index in [4.69, 9.17) is 0 Å². The van der Waals surface area contributed by atoms with E-state index in [0.717, 1.165) is 98.2 Å². The molecule has 4 nitrogen and oxygen atoms in total. The average molecular weight is 949 g/mol. The lowest BCUT2D eigenvalue weighted by atomic mass is 9.67. The Morgan fingerprint density at radius 1 is 0.394 bits per heavy atom. The number of hydrogen-bond donors (Lipinski definition) is 0. The quantitative estimate of drug-likeness (QED) is 0.0983. The first-order chi connectivity index (χ1) is 31.9. The Morgan fingerprint density at radius 3 is 1.03 bits per heavy atom. The summed E-state index contributed by atoms with van der Waals surface area (Å²) < 4.78 is 59.3. The molecule has 0 N–H and O–H groups in total. The fourth-order valence-electron chi connectivity index (χ4n) is 12.4. The molecule has 12 heteroatoms. The first-order valence-electron chi connectivity index (χ1n) is 22.3. The standard InChI is InChI=1S/C54H32F4O4S4/c55-37-15-23-11-29-30(12-24(23)16-38(37)56)44(60)33(43(29)59)19-27-21-35-47(63-27)49-41(53(35)7-3-1-4-8-53)51-52(65-49)42-50(66-51)48-36(54(42)9-5-2-6-10-54)22-28(64-48)20-34-45(61)31-13-25-17-39(57)40(58)18-26(25)14-32(31)46(34)62/h11-22H,1-10H2. The third-order valence-corrected chi connectivity index (χ3v) is 20.4. The predicted molar refractivity (Wildman–Crippen MR) is 255 cm³/mol. The van der Waals surface area contributed by atoms with Gasteiger partial charge in [-0.15, -0.1) is 45.3 Å². The van der Waals surface area contributed by atoms with Gasteiger partial charge < -0.3 is 0 Å². The number of hydrogen-bond acceptors (Lipinski definition) is 8. The highest BCUT2D eigenvalue weighted by atomic mass is 32.1. The largest absolute Gasteiger partial charge is 0.288 e. The molecule has 0 atom stereocenters. The smallest absolute Gasteiger partial charge is 0.197 e. The maximum absolute atomic E-state index is 14.1. The third kappa shape index (κ3) is 5.08. The van der Waals surface area contributed by atoms with Crippen LogP contribution in [0.5, 0.6) is 0 Å². The molecule has 0 radical (unpaired) electrons. The van der Waals surface area contributed by atoms with Gasteiger partial charge in [0.1, 0.15) is 0 Å². The van der Waals surface area contributed by atoms with Crippen LogP contribution in [0.3, 0.4) is 0 Å². The molecule has 0 amide bonds. The Labute approximate surface area is 389 Å². The predicted octanol–water partition coefficient (Wildman–Crippen LogP) is 15.3. The maximum Gasteiger partial charge on any atom is 0.197 e. The van der Waals surface area contributed by atoms with Crippen LogP contribution in [0.25, 0.3) is 62.6 Å². The number of carbonyl (C=O) groups is 4. The summed E-state index contributed by atoms with van der Waals surface area (Å²) in [5, 5.41) is 1.45. The summed E-state index contributed by atoms with van der Waals surface area (Å²) in [4.78, 5) is 62.0. The molecule has 14 rings (SSSR count). The van der Waals surface area contributed by atoms with E-state index in [-0.39, 0.29) is 44.2 Å². The van der Waals surface area contributed by atoms with Crippen LogP contribution in [-0.4, -0.2) is 23.1 Å². The number of allylic oxidation sites excluding steroid dienone is 2. The maximum atomic E-state index is 14.1. The van der Waals surface area contributed by atoms with Crippen LogP contribution in [0.2, 0.25) is 0 Å². The van der Waals surface area contributed by atoms with Gasteiger partial charge in [-0.25, -0.2) is 17.6 Å². The van der Waals surface area contributed by atoms with Crippen molar-refractivity contribution >= 4 is 112 Å². The molecule has 2 saturated carbocycles. The van der Waals surface area contributed by atoms with E-state index in [1.54, 1.807) is 34.8 Å². The van der Waals surface area contributed by atoms with E-state index in [1.165, 1.54) is 75.4 Å². The van der Waals surface area contributed by atoms with Crippen LogP contribution in [0.4, 0.5) is 17.6 Å². The van der Waals surface area contributed by atoms with Crippen molar-refractivity contribution in [3.05, 3.63) is 149 Å². The molecule has 8 aromatic rings. The second-order valence-corrected chi connectivity index (χ2v) is 23.0. The van der Waals surface area contributed by atoms with Crippen LogP contribution in [0.1, 0.15) is 138 Å². The molecule has 66 heavy (non-hydrogen) atoms. The van der Waals surface area contributed by atoms with Gasteiger partial charge in [-0.1, -0.05) is 38.5 Å². The molecular weight excluding hydrogens is 917 g/mol. The van der Waals surface area contributed by atoms with Gasteiger partial charge in [0.2, 0.25) is 0 Å². The number of rotatable bonds is 2. The number of benzene rings is 4. The zero-order valence-corrected chi connectivity index (χ0v) is 38.0. The second kappa shape index (κ2) is 13.5. The van der Waals surface area contributed by atoms with E-state index in [2.05, 4.69) is 12.1 Å². The number of halogens is 4. The molecule has 4 aromatic heterocycles. The number of Topliss-reactive ketones (excluding diaryl/α,β-unsaturated/α-hetero) is 4. The van der Waals surface area contributed by atoms with Crippen molar-refractivity contribution in [1.29, 1.82) is 0 Å². The van der Waals surface area contributed by atoms with Crippen LogP contribution in [-0.2, 0) is 10.8 Å². The second-order valence-electron chi connectivity index (χ2n) is 18.8. The molecule has 0 aliphatic heterocycles. The van der Waals surface area contributed by atoms with Crippen molar-refractivity contribution in [2.75, 3.05) is 0 Å². The summed E-state index contributed by atoms with van der Waals surface area (Å²) in [5.74, 6) is -5.66. The third-order valence-electron chi connectivity index (χ3n) is 15.4. The van der Waals surface area contributed by atoms with Gasteiger partial charge in [0.05, 0.1) is 30.3 Å².